The van der Waals surface area contributed by atoms with Crippen molar-refractivity contribution in [3.05, 3.63) is 95.4 Å². The summed E-state index contributed by atoms with van der Waals surface area (Å²) >= 11 is 0. The molecule has 9 heteroatoms. The van der Waals surface area contributed by atoms with E-state index in [1.807, 2.05) is 30.3 Å². The van der Waals surface area contributed by atoms with Crippen LogP contribution in [-0.4, -0.2) is 40.0 Å². The molecule has 1 N–H and O–H groups in total. The first-order chi connectivity index (χ1) is 23.9. The molecule has 0 aliphatic rings. The van der Waals surface area contributed by atoms with Crippen molar-refractivity contribution in [3.63, 3.8) is 0 Å². The average molecular weight is 695 g/mol. The Morgan fingerprint density at radius 2 is 1.18 bits per heavy atom. The summed E-state index contributed by atoms with van der Waals surface area (Å²) in [6.45, 7) is 13.8. The second-order valence-electron chi connectivity index (χ2n) is 12.6. The summed E-state index contributed by atoms with van der Waals surface area (Å²) in [5.41, 5.74) is 5.68. The van der Waals surface area contributed by atoms with Crippen LogP contribution in [0.3, 0.4) is 0 Å². The third-order valence-corrected chi connectivity index (χ3v) is 21.4. The number of pyridine rings is 2. The molecule has 2 aromatic carbocycles. The third kappa shape index (κ3) is 6.84. The quantitative estimate of drug-likeness (QED) is 0.0957. The first kappa shape index (κ1) is 36.1. The number of furan rings is 2. The van der Waals surface area contributed by atoms with E-state index in [0.29, 0.717) is 16.8 Å². The van der Waals surface area contributed by atoms with Gasteiger partial charge in [0.15, 0.2) is 12.2 Å². The highest BCUT2D eigenvalue weighted by Gasteiger charge is 2.39. The Balaban J connectivity index is 0.000000192. The predicted molar refractivity (Wildman–Crippen MR) is 208 cm³/mol. The molecule has 6 rings (SSSR count). The maximum atomic E-state index is 12.5. The van der Waals surface area contributed by atoms with Gasteiger partial charge in [-0.1, -0.05) is 138 Å². The van der Waals surface area contributed by atoms with Crippen LogP contribution in [0, 0.1) is 0 Å². The minimum Gasteiger partial charge on any atom is -0.467 e. The van der Waals surface area contributed by atoms with E-state index in [4.69, 9.17) is 18.3 Å². The fourth-order valence-corrected chi connectivity index (χ4v) is 14.4. The van der Waals surface area contributed by atoms with Gasteiger partial charge >= 0.3 is 0 Å². The standard InChI is InChI=1S/C21H27NO3Si.C19H23NO2Si/c1-5-26(6-2,7-3)21-18(16-11-9-8-10-12-16)19-17(24-15-23-4)13-14-22-20(19)25-21;1-4-23(5-2,6-3)19-16(14-10-8-7-9-11-14)17-15(21)12-13-20-18(17)22-19/h8-14H,5-7,15H2,1-4H3;7-13H,4-6H2,1-3H3,(H,20,21). The molecule has 7 nitrogen and oxygen atoms in total. The molecule has 0 bridgehead atoms. The highest BCUT2D eigenvalue weighted by Crippen LogP contribution is 2.38. The van der Waals surface area contributed by atoms with Gasteiger partial charge in [-0.25, -0.2) is 4.98 Å². The van der Waals surface area contributed by atoms with E-state index in [0.717, 1.165) is 80.4 Å². The zero-order chi connectivity index (χ0) is 35.0. The molecule has 0 unspecified atom stereocenters. The second kappa shape index (κ2) is 16.0. The highest BCUT2D eigenvalue weighted by atomic mass is 28.3. The molecular weight excluding hydrogens is 645 g/mol. The van der Waals surface area contributed by atoms with E-state index in [2.05, 4.69) is 87.9 Å². The molecule has 49 heavy (non-hydrogen) atoms. The first-order valence-corrected chi connectivity index (χ1v) is 22.9. The first-order valence-electron chi connectivity index (χ1n) is 17.7. The van der Waals surface area contributed by atoms with Gasteiger partial charge in [-0.05, 0) is 17.2 Å². The normalized spacial score (nSPS) is 11.9. The number of H-pyrrole nitrogens is 1. The Morgan fingerprint density at radius 1 is 0.673 bits per heavy atom. The average Bonchev–Trinajstić information content (AvgIpc) is 3.75. The fourth-order valence-electron chi connectivity index (χ4n) is 7.25. The Morgan fingerprint density at radius 3 is 1.69 bits per heavy atom. The Kier molecular flexibility index (Phi) is 11.8. The zero-order valence-electron chi connectivity index (χ0n) is 30.0. The number of nitrogens with zero attached hydrogens (tertiary/aromatic N) is 1. The Hall–Kier alpha value is -4.19. The summed E-state index contributed by atoms with van der Waals surface area (Å²) in [5.74, 6) is 0.761. The van der Waals surface area contributed by atoms with Crippen LogP contribution >= 0.6 is 0 Å². The molecule has 0 atom stereocenters. The van der Waals surface area contributed by atoms with E-state index in [1.165, 1.54) is 0 Å². The van der Waals surface area contributed by atoms with Crippen LogP contribution < -0.4 is 20.9 Å². The molecule has 0 aliphatic heterocycles. The van der Waals surface area contributed by atoms with Gasteiger partial charge in [0.05, 0.1) is 21.5 Å². The molecular formula is C40H50N2O5Si2. The molecule has 6 aromatic rings. The number of ether oxygens (including phenoxy) is 2. The van der Waals surface area contributed by atoms with Crippen molar-refractivity contribution in [2.24, 2.45) is 0 Å². The number of benzene rings is 2. The number of rotatable bonds is 13. The molecule has 0 radical (unpaired) electrons. The summed E-state index contributed by atoms with van der Waals surface area (Å²) in [6, 6.07) is 30.9. The lowest BCUT2D eigenvalue weighted by Gasteiger charge is -2.26. The van der Waals surface area contributed by atoms with Crippen molar-refractivity contribution in [1.29, 1.82) is 0 Å². The van der Waals surface area contributed by atoms with Gasteiger partial charge < -0.3 is 23.3 Å². The van der Waals surface area contributed by atoms with Crippen LogP contribution in [0.5, 0.6) is 5.75 Å². The van der Waals surface area contributed by atoms with Gasteiger partial charge in [-0.2, -0.15) is 0 Å². The van der Waals surface area contributed by atoms with Crippen LogP contribution in [0.25, 0.3) is 44.5 Å². The van der Waals surface area contributed by atoms with Crippen molar-refractivity contribution >= 4 is 49.1 Å². The van der Waals surface area contributed by atoms with Crippen molar-refractivity contribution < 1.29 is 18.3 Å². The monoisotopic (exact) mass is 694 g/mol. The topological polar surface area (TPSA) is 90.5 Å². The second-order valence-corrected chi connectivity index (χ2v) is 22.9. The highest BCUT2D eigenvalue weighted by molar-refractivity contribution is 6.92. The summed E-state index contributed by atoms with van der Waals surface area (Å²) in [4.78, 5) is 20.1. The number of fused-ring (bicyclic) bond motifs is 2. The van der Waals surface area contributed by atoms with Crippen LogP contribution in [0.2, 0.25) is 36.3 Å². The number of hydrogen-bond donors (Lipinski definition) is 1. The number of hydrogen-bond acceptors (Lipinski definition) is 6. The predicted octanol–water partition coefficient (Wildman–Crippen LogP) is 9.70. The molecule has 4 aromatic heterocycles. The molecule has 0 spiro atoms. The minimum atomic E-state index is -1.75. The third-order valence-electron chi connectivity index (χ3n) is 10.6. The minimum absolute atomic E-state index is 0.0267. The number of nitrogens with one attached hydrogen (secondary N) is 1. The lowest BCUT2D eigenvalue weighted by molar-refractivity contribution is 0.0522. The summed E-state index contributed by atoms with van der Waals surface area (Å²) in [7, 11) is -1.88. The summed E-state index contributed by atoms with van der Waals surface area (Å²) in [6.07, 6.45) is 3.41. The van der Waals surface area contributed by atoms with Crippen LogP contribution in [0.15, 0.2) is 98.8 Å². The molecule has 0 saturated heterocycles. The molecule has 0 aliphatic carbocycles. The van der Waals surface area contributed by atoms with Gasteiger partial charge in [0.1, 0.15) is 21.9 Å². The molecule has 4 heterocycles. The number of methoxy groups -OCH3 is 1. The maximum absolute atomic E-state index is 12.5. The van der Waals surface area contributed by atoms with Gasteiger partial charge in [0.25, 0.3) is 0 Å². The molecule has 0 saturated carbocycles. The molecule has 258 valence electrons. The van der Waals surface area contributed by atoms with Gasteiger partial charge in [-0.3, -0.25) is 4.79 Å². The largest absolute Gasteiger partial charge is 0.467 e. The van der Waals surface area contributed by atoms with Crippen LogP contribution in [-0.2, 0) is 4.74 Å². The fraction of sp³-hybridized carbons (Fsp3) is 0.350. The van der Waals surface area contributed by atoms with E-state index >= 15 is 0 Å². The van der Waals surface area contributed by atoms with Crippen molar-refractivity contribution in [3.8, 4) is 28.0 Å². The van der Waals surface area contributed by atoms with Gasteiger partial charge in [0, 0.05) is 36.7 Å². The van der Waals surface area contributed by atoms with E-state index in [9.17, 15) is 4.79 Å². The van der Waals surface area contributed by atoms with Gasteiger partial charge in [-0.15, -0.1) is 0 Å². The van der Waals surface area contributed by atoms with Crippen molar-refractivity contribution in [1.82, 2.24) is 9.97 Å². The molecule has 0 fully saturated rings. The Labute approximate surface area is 291 Å². The van der Waals surface area contributed by atoms with Crippen LogP contribution in [0.1, 0.15) is 41.5 Å². The van der Waals surface area contributed by atoms with E-state index in [1.54, 1.807) is 25.6 Å². The summed E-state index contributed by atoms with van der Waals surface area (Å²) in [5, 5.41) is 3.87. The molecule has 0 amide bonds. The zero-order valence-corrected chi connectivity index (χ0v) is 32.0. The SMILES string of the molecule is CC[Si](CC)(CC)c1oc2[nH]ccc(=O)c2c1-c1ccccc1.CC[Si](CC)(CC)c1oc2nccc(OCOC)c2c1-c1ccccc1. The van der Waals surface area contributed by atoms with Crippen LogP contribution in [0.4, 0.5) is 0 Å². The smallest absolute Gasteiger partial charge is 0.230 e. The number of aromatic nitrogens is 2. The Bertz CT molecular complexity index is 1990. The van der Waals surface area contributed by atoms with Crippen molar-refractivity contribution in [2.45, 2.75) is 77.8 Å². The summed E-state index contributed by atoms with van der Waals surface area (Å²) < 4.78 is 23.7. The lowest BCUT2D eigenvalue weighted by atomic mass is 10.1. The number of aromatic amines is 1. The van der Waals surface area contributed by atoms with E-state index < -0.39 is 16.1 Å². The van der Waals surface area contributed by atoms with E-state index in [-0.39, 0.29) is 12.2 Å². The maximum Gasteiger partial charge on any atom is 0.230 e. The van der Waals surface area contributed by atoms with Crippen molar-refractivity contribution in [2.75, 3.05) is 13.9 Å². The lowest BCUT2D eigenvalue weighted by Crippen LogP contribution is -2.46. The van der Waals surface area contributed by atoms with Gasteiger partial charge in [0.2, 0.25) is 11.4 Å².